The summed E-state index contributed by atoms with van der Waals surface area (Å²) in [6.07, 6.45) is -5.59. The van der Waals surface area contributed by atoms with Crippen molar-refractivity contribution in [3.05, 3.63) is 23.8 Å². The summed E-state index contributed by atoms with van der Waals surface area (Å²) >= 11 is 0. The fourth-order valence-electron chi connectivity index (χ4n) is 1.24. The predicted molar refractivity (Wildman–Crippen MR) is 62.0 cm³/mol. The fourth-order valence-corrected chi connectivity index (χ4v) is 1.24. The number of hydrogen-bond acceptors (Lipinski definition) is 3. The molecule has 0 heterocycles. The van der Waals surface area contributed by atoms with Crippen LogP contribution in [0.5, 0.6) is 11.5 Å². The highest BCUT2D eigenvalue weighted by atomic mass is 19.4. The summed E-state index contributed by atoms with van der Waals surface area (Å²) in [5.74, 6) is -1.22. The number of ether oxygens (including phenoxy) is 1. The second-order valence-electron chi connectivity index (χ2n) is 4.94. The van der Waals surface area contributed by atoms with Gasteiger partial charge >= 0.3 is 12.3 Å². The molecule has 0 saturated heterocycles. The van der Waals surface area contributed by atoms with Crippen molar-refractivity contribution in [2.24, 2.45) is 0 Å². The molecule has 1 aromatic rings. The molecular formula is C12H14F3NO3. The molecule has 7 heteroatoms. The lowest BCUT2D eigenvalue weighted by Crippen LogP contribution is -2.42. The molecule has 0 aliphatic heterocycles. The number of alkyl halides is 3. The quantitative estimate of drug-likeness (QED) is 0.828. The molecule has 0 saturated carbocycles. The molecule has 0 unspecified atom stereocenters. The Morgan fingerprint density at radius 1 is 1.26 bits per heavy atom. The second kappa shape index (κ2) is 4.99. The molecule has 0 bridgehead atoms. The highest BCUT2D eigenvalue weighted by Crippen LogP contribution is 2.37. The van der Waals surface area contributed by atoms with Gasteiger partial charge in [0.2, 0.25) is 0 Å². The number of carbonyl (C=O) groups excluding carboxylic acids is 1. The summed E-state index contributed by atoms with van der Waals surface area (Å²) in [7, 11) is 0. The molecule has 2 N–H and O–H groups in total. The molecule has 0 atom stereocenters. The van der Waals surface area contributed by atoms with E-state index >= 15 is 0 Å². The van der Waals surface area contributed by atoms with E-state index in [1.54, 1.807) is 20.8 Å². The Labute approximate surface area is 108 Å². The minimum absolute atomic E-state index is 0.299. The van der Waals surface area contributed by atoms with Gasteiger partial charge < -0.3 is 15.2 Å². The molecule has 0 spiro atoms. The first kappa shape index (κ1) is 15.1. The maximum absolute atomic E-state index is 12.5. The molecule has 4 nitrogen and oxygen atoms in total. The van der Waals surface area contributed by atoms with Gasteiger partial charge in [-0.05, 0) is 39.0 Å². The number of carbonyl (C=O) groups is 1. The minimum Gasteiger partial charge on any atom is -0.507 e. The first-order chi connectivity index (χ1) is 8.49. The Morgan fingerprint density at radius 2 is 1.84 bits per heavy atom. The van der Waals surface area contributed by atoms with Crippen LogP contribution in [-0.4, -0.2) is 16.7 Å². The number of hydrogen-bond donors (Lipinski definition) is 2. The van der Waals surface area contributed by atoms with Gasteiger partial charge in [-0.1, -0.05) is 0 Å². The van der Waals surface area contributed by atoms with E-state index in [1.165, 1.54) is 0 Å². The van der Waals surface area contributed by atoms with Gasteiger partial charge in [0.25, 0.3) is 0 Å². The average Bonchev–Trinajstić information content (AvgIpc) is 2.16. The number of aromatic hydroxyl groups is 1. The van der Waals surface area contributed by atoms with Crippen LogP contribution in [0.1, 0.15) is 26.3 Å². The van der Waals surface area contributed by atoms with Crippen LogP contribution in [0.25, 0.3) is 0 Å². The number of amides is 1. The Morgan fingerprint density at radius 3 is 2.32 bits per heavy atom. The maximum Gasteiger partial charge on any atom is 0.420 e. The lowest BCUT2D eigenvalue weighted by Gasteiger charge is -2.20. The van der Waals surface area contributed by atoms with Gasteiger partial charge in [0.1, 0.15) is 17.1 Å². The van der Waals surface area contributed by atoms with Crippen molar-refractivity contribution in [2.45, 2.75) is 32.5 Å². The van der Waals surface area contributed by atoms with Gasteiger partial charge in [0.05, 0.1) is 0 Å². The number of halogens is 3. The Balaban J connectivity index is 2.89. The van der Waals surface area contributed by atoms with Crippen molar-refractivity contribution >= 4 is 6.09 Å². The third kappa shape index (κ3) is 4.69. The van der Waals surface area contributed by atoms with Crippen molar-refractivity contribution in [1.29, 1.82) is 0 Å². The fraction of sp³-hybridized carbons (Fsp3) is 0.417. The Bertz CT molecular complexity index is 478. The normalized spacial score (nSPS) is 12.1. The monoisotopic (exact) mass is 277 g/mol. The van der Waals surface area contributed by atoms with E-state index in [-0.39, 0.29) is 5.75 Å². The van der Waals surface area contributed by atoms with Gasteiger partial charge in [0, 0.05) is 5.54 Å². The summed E-state index contributed by atoms with van der Waals surface area (Å²) < 4.78 is 42.3. The molecule has 0 aromatic heterocycles. The van der Waals surface area contributed by atoms with Crippen molar-refractivity contribution < 1.29 is 27.8 Å². The molecule has 0 aliphatic carbocycles. The Hall–Kier alpha value is -1.92. The SMILES string of the molecule is CC(C)(C)NC(=O)Oc1ccc(O)c(C(F)(F)F)c1. The smallest absolute Gasteiger partial charge is 0.420 e. The number of phenolic OH excluding ortho intramolecular Hbond substituents is 1. The second-order valence-corrected chi connectivity index (χ2v) is 4.94. The van der Waals surface area contributed by atoms with Gasteiger partial charge in [-0.2, -0.15) is 13.2 Å². The van der Waals surface area contributed by atoms with Crippen LogP contribution in [0.15, 0.2) is 18.2 Å². The van der Waals surface area contributed by atoms with Crippen LogP contribution < -0.4 is 10.1 Å². The van der Waals surface area contributed by atoms with E-state index in [0.29, 0.717) is 6.07 Å². The van der Waals surface area contributed by atoms with Crippen molar-refractivity contribution in [3.8, 4) is 11.5 Å². The third-order valence-electron chi connectivity index (χ3n) is 1.96. The van der Waals surface area contributed by atoms with Crippen LogP contribution in [0.2, 0.25) is 0 Å². The molecule has 0 fully saturated rings. The molecule has 1 amide bonds. The zero-order valence-electron chi connectivity index (χ0n) is 10.6. The highest BCUT2D eigenvalue weighted by Gasteiger charge is 2.34. The Kier molecular flexibility index (Phi) is 3.97. The number of nitrogens with one attached hydrogen (secondary N) is 1. The van der Waals surface area contributed by atoms with Crippen LogP contribution in [-0.2, 0) is 6.18 Å². The van der Waals surface area contributed by atoms with Crippen molar-refractivity contribution in [2.75, 3.05) is 0 Å². The molecule has 0 aliphatic rings. The van der Waals surface area contributed by atoms with E-state index in [9.17, 15) is 18.0 Å². The summed E-state index contributed by atoms with van der Waals surface area (Å²) in [5, 5.41) is 11.6. The molecule has 1 aromatic carbocycles. The van der Waals surface area contributed by atoms with Crippen molar-refractivity contribution in [3.63, 3.8) is 0 Å². The molecule has 0 radical (unpaired) electrons. The highest BCUT2D eigenvalue weighted by molar-refractivity contribution is 5.71. The van der Waals surface area contributed by atoms with Gasteiger partial charge in [-0.15, -0.1) is 0 Å². The number of phenols is 1. The maximum atomic E-state index is 12.5. The van der Waals surface area contributed by atoms with Crippen LogP contribution in [0.4, 0.5) is 18.0 Å². The first-order valence-corrected chi connectivity index (χ1v) is 5.39. The largest absolute Gasteiger partial charge is 0.507 e. The van der Waals surface area contributed by atoms with Gasteiger partial charge in [0.15, 0.2) is 0 Å². The van der Waals surface area contributed by atoms with Crippen LogP contribution >= 0.6 is 0 Å². The number of benzene rings is 1. The van der Waals surface area contributed by atoms with Crippen LogP contribution in [0, 0.1) is 0 Å². The van der Waals surface area contributed by atoms with Gasteiger partial charge in [-0.25, -0.2) is 4.79 Å². The predicted octanol–water partition coefficient (Wildman–Crippen LogP) is 3.30. The van der Waals surface area contributed by atoms with Gasteiger partial charge in [-0.3, -0.25) is 0 Å². The molecule has 19 heavy (non-hydrogen) atoms. The zero-order chi connectivity index (χ0) is 14.8. The van der Waals surface area contributed by atoms with Crippen molar-refractivity contribution in [1.82, 2.24) is 5.32 Å². The van der Waals surface area contributed by atoms with E-state index in [0.717, 1.165) is 12.1 Å². The third-order valence-corrected chi connectivity index (χ3v) is 1.96. The number of rotatable bonds is 1. The topological polar surface area (TPSA) is 58.6 Å². The molecule has 106 valence electrons. The van der Waals surface area contributed by atoms with E-state index in [1.807, 2.05) is 0 Å². The zero-order valence-corrected chi connectivity index (χ0v) is 10.6. The minimum atomic E-state index is -4.72. The molecular weight excluding hydrogens is 263 g/mol. The molecule has 1 rings (SSSR count). The average molecular weight is 277 g/mol. The summed E-state index contributed by atoms with van der Waals surface area (Å²) in [6, 6.07) is 2.47. The standard InChI is InChI=1S/C12H14F3NO3/c1-11(2,3)16-10(18)19-7-4-5-9(17)8(6-7)12(13,14)15/h4-6,17H,1-3H3,(H,16,18). The van der Waals surface area contributed by atoms with Crippen LogP contribution in [0.3, 0.4) is 0 Å². The lowest BCUT2D eigenvalue weighted by molar-refractivity contribution is -0.138. The summed E-state index contributed by atoms with van der Waals surface area (Å²) in [4.78, 5) is 11.4. The van der Waals surface area contributed by atoms with E-state index in [4.69, 9.17) is 9.84 Å². The first-order valence-electron chi connectivity index (χ1n) is 5.39. The lowest BCUT2D eigenvalue weighted by atomic mass is 10.1. The van der Waals surface area contributed by atoms with E-state index in [2.05, 4.69) is 5.32 Å². The van der Waals surface area contributed by atoms with E-state index < -0.39 is 29.1 Å². The summed E-state index contributed by atoms with van der Waals surface area (Å²) in [5.41, 5.74) is -1.82. The summed E-state index contributed by atoms with van der Waals surface area (Å²) in [6.45, 7) is 5.10.